The fraction of sp³-hybridized carbons (Fsp3) is 0.333. The van der Waals surface area contributed by atoms with E-state index >= 15 is 0 Å². The maximum Gasteiger partial charge on any atom is 0.343 e. The average Bonchev–Trinajstić information content (AvgIpc) is 3.33. The zero-order chi connectivity index (χ0) is 25.4. The largest absolute Gasteiger partial charge is 0.464 e. The summed E-state index contributed by atoms with van der Waals surface area (Å²) in [5.74, 6) is -1.67. The number of ether oxygens (including phenoxy) is 2. The number of hydrogen-bond acceptors (Lipinski definition) is 7. The van der Waals surface area contributed by atoms with E-state index in [0.29, 0.717) is 18.0 Å². The summed E-state index contributed by atoms with van der Waals surface area (Å²) in [5, 5.41) is 2.48. The molecule has 35 heavy (non-hydrogen) atoms. The third-order valence-electron chi connectivity index (χ3n) is 5.48. The molecule has 0 fully saturated rings. The lowest BCUT2D eigenvalue weighted by Gasteiger charge is -2.29. The van der Waals surface area contributed by atoms with Gasteiger partial charge in [-0.1, -0.05) is 42.0 Å². The summed E-state index contributed by atoms with van der Waals surface area (Å²) in [7, 11) is 0. The number of esters is 2. The molecule has 0 saturated heterocycles. The van der Waals surface area contributed by atoms with Crippen LogP contribution in [0.3, 0.4) is 0 Å². The SMILES string of the molecule is CCOC(=O)C(CCc1ccc(-c2coc(-c3ccc(C)cc3)n2)cc1)(NC(C)=O)C(=O)OCC. The van der Waals surface area contributed by atoms with Crippen LogP contribution in [0.1, 0.15) is 38.3 Å². The molecule has 1 aromatic heterocycles. The second-order valence-corrected chi connectivity index (χ2v) is 8.13. The summed E-state index contributed by atoms with van der Waals surface area (Å²) in [6.07, 6.45) is 1.92. The molecular formula is C27H30N2O6. The molecule has 2 aromatic carbocycles. The van der Waals surface area contributed by atoms with Crippen molar-refractivity contribution in [3.63, 3.8) is 0 Å². The van der Waals surface area contributed by atoms with Crippen molar-refractivity contribution < 1.29 is 28.3 Å². The minimum absolute atomic E-state index is 0.00880. The number of amides is 1. The fourth-order valence-electron chi connectivity index (χ4n) is 3.67. The zero-order valence-corrected chi connectivity index (χ0v) is 20.4. The quantitative estimate of drug-likeness (QED) is 0.343. The lowest BCUT2D eigenvalue weighted by Crippen LogP contribution is -2.61. The van der Waals surface area contributed by atoms with Crippen molar-refractivity contribution >= 4 is 17.8 Å². The van der Waals surface area contributed by atoms with E-state index < -0.39 is 23.4 Å². The number of aromatic nitrogens is 1. The van der Waals surface area contributed by atoms with Crippen LogP contribution in [0.25, 0.3) is 22.7 Å². The molecule has 0 saturated carbocycles. The highest BCUT2D eigenvalue weighted by atomic mass is 16.6. The van der Waals surface area contributed by atoms with Crippen LogP contribution < -0.4 is 5.32 Å². The van der Waals surface area contributed by atoms with E-state index in [1.807, 2.05) is 55.5 Å². The minimum atomic E-state index is -1.91. The molecule has 0 aliphatic carbocycles. The van der Waals surface area contributed by atoms with E-state index in [-0.39, 0.29) is 19.6 Å². The number of oxazole rings is 1. The van der Waals surface area contributed by atoms with E-state index in [9.17, 15) is 14.4 Å². The number of hydrogen-bond donors (Lipinski definition) is 1. The first-order chi connectivity index (χ1) is 16.8. The van der Waals surface area contributed by atoms with Crippen LogP contribution in [-0.2, 0) is 30.3 Å². The Hall–Kier alpha value is -3.94. The van der Waals surface area contributed by atoms with Gasteiger partial charge in [0.1, 0.15) is 12.0 Å². The van der Waals surface area contributed by atoms with Gasteiger partial charge in [-0.15, -0.1) is 0 Å². The molecule has 3 aromatic rings. The smallest absolute Gasteiger partial charge is 0.343 e. The number of nitrogens with zero attached hydrogens (tertiary/aromatic N) is 1. The van der Waals surface area contributed by atoms with E-state index in [0.717, 1.165) is 22.3 Å². The van der Waals surface area contributed by atoms with Gasteiger partial charge in [0.05, 0.1) is 13.2 Å². The highest BCUT2D eigenvalue weighted by Crippen LogP contribution is 2.26. The summed E-state index contributed by atoms with van der Waals surface area (Å²) in [6.45, 7) is 6.66. The lowest BCUT2D eigenvalue weighted by molar-refractivity contribution is -0.168. The van der Waals surface area contributed by atoms with Crippen molar-refractivity contribution in [3.05, 3.63) is 65.9 Å². The van der Waals surface area contributed by atoms with Crippen molar-refractivity contribution in [2.45, 2.75) is 46.1 Å². The maximum absolute atomic E-state index is 12.8. The van der Waals surface area contributed by atoms with E-state index in [1.165, 1.54) is 6.92 Å². The Bertz CT molecular complexity index is 1150. The topological polar surface area (TPSA) is 108 Å². The molecule has 184 valence electrons. The van der Waals surface area contributed by atoms with Gasteiger partial charge in [-0.3, -0.25) is 4.79 Å². The van der Waals surface area contributed by atoms with Crippen LogP contribution in [0.2, 0.25) is 0 Å². The Morgan fingerprint density at radius 3 is 2.03 bits per heavy atom. The first kappa shape index (κ1) is 25.7. The Kier molecular flexibility index (Phi) is 8.41. The molecule has 0 bridgehead atoms. The Balaban J connectivity index is 1.78. The predicted molar refractivity (Wildman–Crippen MR) is 130 cm³/mol. The van der Waals surface area contributed by atoms with E-state index in [4.69, 9.17) is 13.9 Å². The van der Waals surface area contributed by atoms with Crippen LogP contribution in [0.15, 0.2) is 59.2 Å². The number of carbonyl (C=O) groups excluding carboxylic acids is 3. The van der Waals surface area contributed by atoms with Gasteiger partial charge in [-0.25, -0.2) is 14.6 Å². The summed E-state index contributed by atoms with van der Waals surface area (Å²) < 4.78 is 15.9. The summed E-state index contributed by atoms with van der Waals surface area (Å²) in [6, 6.07) is 15.5. The highest BCUT2D eigenvalue weighted by Gasteiger charge is 2.49. The molecule has 8 nitrogen and oxygen atoms in total. The number of nitrogens with one attached hydrogen (secondary N) is 1. The van der Waals surface area contributed by atoms with E-state index in [2.05, 4.69) is 10.3 Å². The van der Waals surface area contributed by atoms with Crippen molar-refractivity contribution in [1.29, 1.82) is 0 Å². The monoisotopic (exact) mass is 478 g/mol. The van der Waals surface area contributed by atoms with Gasteiger partial charge in [0, 0.05) is 18.1 Å². The van der Waals surface area contributed by atoms with Gasteiger partial charge in [0.2, 0.25) is 17.3 Å². The number of aryl methyl sites for hydroxylation is 2. The van der Waals surface area contributed by atoms with Crippen molar-refractivity contribution in [2.24, 2.45) is 0 Å². The Morgan fingerprint density at radius 1 is 0.914 bits per heavy atom. The Labute approximate surface area is 204 Å². The molecule has 3 rings (SSSR count). The van der Waals surface area contributed by atoms with Crippen LogP contribution in [0.5, 0.6) is 0 Å². The average molecular weight is 479 g/mol. The molecule has 1 heterocycles. The lowest BCUT2D eigenvalue weighted by atomic mass is 9.90. The number of carbonyl (C=O) groups is 3. The van der Waals surface area contributed by atoms with Crippen molar-refractivity contribution in [2.75, 3.05) is 13.2 Å². The summed E-state index contributed by atoms with van der Waals surface area (Å²) in [4.78, 5) is 42.0. The van der Waals surface area contributed by atoms with Crippen LogP contribution >= 0.6 is 0 Å². The van der Waals surface area contributed by atoms with Gasteiger partial charge in [0.25, 0.3) is 0 Å². The molecule has 1 N–H and O–H groups in total. The second kappa shape index (κ2) is 11.5. The van der Waals surface area contributed by atoms with Gasteiger partial charge in [-0.2, -0.15) is 0 Å². The maximum atomic E-state index is 12.8. The number of benzene rings is 2. The molecule has 0 spiro atoms. The highest BCUT2D eigenvalue weighted by molar-refractivity contribution is 6.07. The Morgan fingerprint density at radius 2 is 1.49 bits per heavy atom. The third kappa shape index (κ3) is 6.15. The fourth-order valence-corrected chi connectivity index (χ4v) is 3.67. The minimum Gasteiger partial charge on any atom is -0.464 e. The number of rotatable bonds is 10. The molecular weight excluding hydrogens is 448 g/mol. The van der Waals surface area contributed by atoms with Crippen LogP contribution in [0, 0.1) is 6.92 Å². The predicted octanol–water partition coefficient (Wildman–Crippen LogP) is 4.25. The third-order valence-corrected chi connectivity index (χ3v) is 5.48. The van der Waals surface area contributed by atoms with E-state index in [1.54, 1.807) is 20.1 Å². The first-order valence-electron chi connectivity index (χ1n) is 11.5. The molecule has 1 amide bonds. The molecule has 0 aliphatic heterocycles. The van der Waals surface area contributed by atoms with Gasteiger partial charge < -0.3 is 19.2 Å². The standard InChI is InChI=1S/C27H30N2O6/c1-5-33-25(31)27(29-19(4)30,26(32)34-6-2)16-15-20-9-13-21(14-10-20)23-17-35-24(28-23)22-11-7-18(3)8-12-22/h7-14,17H,5-6,15-16H2,1-4H3,(H,29,30). The molecule has 0 aliphatic rings. The van der Waals surface area contributed by atoms with Crippen molar-refractivity contribution in [1.82, 2.24) is 10.3 Å². The van der Waals surface area contributed by atoms with Crippen LogP contribution in [-0.4, -0.2) is 41.6 Å². The van der Waals surface area contributed by atoms with Crippen molar-refractivity contribution in [3.8, 4) is 22.7 Å². The molecule has 0 unspecified atom stereocenters. The summed E-state index contributed by atoms with van der Waals surface area (Å²) >= 11 is 0. The van der Waals surface area contributed by atoms with Crippen LogP contribution in [0.4, 0.5) is 0 Å². The van der Waals surface area contributed by atoms with Gasteiger partial charge in [0.15, 0.2) is 0 Å². The molecule has 8 heteroatoms. The van der Waals surface area contributed by atoms with Gasteiger partial charge in [-0.05, 0) is 51.3 Å². The zero-order valence-electron chi connectivity index (χ0n) is 20.4. The summed E-state index contributed by atoms with van der Waals surface area (Å²) in [5.41, 5.74) is 2.55. The van der Waals surface area contributed by atoms with Gasteiger partial charge >= 0.3 is 11.9 Å². The normalized spacial score (nSPS) is 11.1. The molecule has 0 atom stereocenters. The first-order valence-corrected chi connectivity index (χ1v) is 11.5. The molecule has 0 radical (unpaired) electrons. The second-order valence-electron chi connectivity index (χ2n) is 8.13.